The topological polar surface area (TPSA) is 75.5 Å². The van der Waals surface area contributed by atoms with Crippen molar-refractivity contribution < 1.29 is 9.53 Å². The first-order chi connectivity index (χ1) is 12.7. The zero-order valence-corrected chi connectivity index (χ0v) is 16.1. The summed E-state index contributed by atoms with van der Waals surface area (Å²) in [7, 11) is 2.08. The van der Waals surface area contributed by atoms with E-state index in [4.69, 9.17) is 4.74 Å². The van der Waals surface area contributed by atoms with Gasteiger partial charge in [0.15, 0.2) is 0 Å². The highest BCUT2D eigenvalue weighted by atomic mass is 16.5. The van der Waals surface area contributed by atoms with E-state index in [1.54, 1.807) is 0 Å². The number of morpholine rings is 1. The third kappa shape index (κ3) is 5.02. The molecule has 1 amide bonds. The van der Waals surface area contributed by atoms with Crippen LogP contribution in [-0.4, -0.2) is 83.0 Å². The summed E-state index contributed by atoms with van der Waals surface area (Å²) in [5.41, 5.74) is 0. The number of nitrogens with one attached hydrogen (secondary N) is 1. The Bertz CT molecular complexity index is 584. The van der Waals surface area contributed by atoms with Gasteiger partial charge in [0, 0.05) is 52.1 Å². The first-order valence-corrected chi connectivity index (χ1v) is 9.84. The Morgan fingerprint density at radius 3 is 2.81 bits per heavy atom. The standard InChI is InChI=1S/C18H32N6O2/c1-3-19-17(25)6-8-23-7-4-5-15(13-23)18-21-20-16(22(18)2)14-24-9-11-26-12-10-24/h15H,3-14H2,1-2H3,(H,19,25)/t15-/m0/s1. The number of rotatable bonds is 7. The summed E-state index contributed by atoms with van der Waals surface area (Å²) in [5.74, 6) is 2.65. The SMILES string of the molecule is CCNC(=O)CCN1CCC[C@H](c2nnc(CN3CCOCC3)n2C)C1. The summed E-state index contributed by atoms with van der Waals surface area (Å²) in [4.78, 5) is 16.5. The maximum absolute atomic E-state index is 11.7. The third-order valence-corrected chi connectivity index (χ3v) is 5.37. The zero-order chi connectivity index (χ0) is 18.4. The molecule has 3 rings (SSSR count). The molecule has 0 aliphatic carbocycles. The van der Waals surface area contributed by atoms with Crippen LogP contribution in [0.1, 0.15) is 43.8 Å². The van der Waals surface area contributed by atoms with Crippen LogP contribution in [0.2, 0.25) is 0 Å². The zero-order valence-electron chi connectivity index (χ0n) is 16.1. The predicted octanol–water partition coefficient (Wildman–Crippen LogP) is 0.353. The largest absolute Gasteiger partial charge is 0.379 e. The molecule has 3 heterocycles. The number of piperidine rings is 1. The number of hydrogen-bond donors (Lipinski definition) is 1. The number of nitrogens with zero attached hydrogens (tertiary/aromatic N) is 5. The van der Waals surface area contributed by atoms with E-state index >= 15 is 0 Å². The van der Waals surface area contributed by atoms with Crippen LogP contribution in [0.5, 0.6) is 0 Å². The maximum atomic E-state index is 11.7. The highest BCUT2D eigenvalue weighted by Gasteiger charge is 2.26. The average Bonchev–Trinajstić information content (AvgIpc) is 3.02. The average molecular weight is 364 g/mol. The number of hydrogen-bond acceptors (Lipinski definition) is 6. The van der Waals surface area contributed by atoms with Gasteiger partial charge >= 0.3 is 0 Å². The second-order valence-electron chi connectivity index (χ2n) is 7.27. The molecule has 0 bridgehead atoms. The van der Waals surface area contributed by atoms with Crippen LogP contribution >= 0.6 is 0 Å². The van der Waals surface area contributed by atoms with Gasteiger partial charge in [0.05, 0.1) is 19.8 Å². The van der Waals surface area contributed by atoms with Crippen LogP contribution in [0.4, 0.5) is 0 Å². The second-order valence-corrected chi connectivity index (χ2v) is 7.27. The van der Waals surface area contributed by atoms with Crippen molar-refractivity contribution in [2.24, 2.45) is 7.05 Å². The van der Waals surface area contributed by atoms with Crippen LogP contribution < -0.4 is 5.32 Å². The first-order valence-electron chi connectivity index (χ1n) is 9.84. The summed E-state index contributed by atoms with van der Waals surface area (Å²) in [6.45, 7) is 9.85. The molecule has 0 radical (unpaired) electrons. The lowest BCUT2D eigenvalue weighted by Gasteiger charge is -2.32. The molecule has 146 valence electrons. The van der Waals surface area contributed by atoms with E-state index in [1.165, 1.54) is 0 Å². The van der Waals surface area contributed by atoms with E-state index < -0.39 is 0 Å². The fourth-order valence-corrected chi connectivity index (χ4v) is 3.84. The second kappa shape index (κ2) is 9.43. The van der Waals surface area contributed by atoms with Crippen LogP contribution in [0.25, 0.3) is 0 Å². The Morgan fingerprint density at radius 1 is 1.23 bits per heavy atom. The Kier molecular flexibility index (Phi) is 6.99. The lowest BCUT2D eigenvalue weighted by molar-refractivity contribution is -0.121. The molecular weight excluding hydrogens is 332 g/mol. The van der Waals surface area contributed by atoms with Gasteiger partial charge in [0.2, 0.25) is 5.91 Å². The van der Waals surface area contributed by atoms with Crippen LogP contribution in [0, 0.1) is 0 Å². The van der Waals surface area contributed by atoms with Crippen molar-refractivity contribution in [3.63, 3.8) is 0 Å². The minimum absolute atomic E-state index is 0.140. The molecule has 2 aliphatic heterocycles. The summed E-state index contributed by atoms with van der Waals surface area (Å²) < 4.78 is 7.59. The first kappa shape index (κ1) is 19.3. The molecule has 1 aromatic rings. The molecule has 26 heavy (non-hydrogen) atoms. The molecule has 1 atom stereocenters. The van der Waals surface area contributed by atoms with Gasteiger partial charge in [0.1, 0.15) is 11.6 Å². The molecule has 8 heteroatoms. The van der Waals surface area contributed by atoms with Gasteiger partial charge < -0.3 is 19.5 Å². The van der Waals surface area contributed by atoms with Crippen molar-refractivity contribution in [1.82, 2.24) is 29.9 Å². The molecule has 2 aliphatic rings. The maximum Gasteiger partial charge on any atom is 0.221 e. The Morgan fingerprint density at radius 2 is 2.04 bits per heavy atom. The number of likely N-dealkylation sites (tertiary alicyclic amines) is 1. The lowest BCUT2D eigenvalue weighted by Crippen LogP contribution is -2.38. The van der Waals surface area contributed by atoms with Crippen molar-refractivity contribution in [3.8, 4) is 0 Å². The summed E-state index contributed by atoms with van der Waals surface area (Å²) >= 11 is 0. The van der Waals surface area contributed by atoms with E-state index in [1.807, 2.05) is 6.92 Å². The molecule has 2 saturated heterocycles. The van der Waals surface area contributed by atoms with Gasteiger partial charge in [0.25, 0.3) is 0 Å². The van der Waals surface area contributed by atoms with E-state index in [2.05, 4.69) is 36.9 Å². The minimum atomic E-state index is 0.140. The summed E-state index contributed by atoms with van der Waals surface area (Å²) in [6.07, 6.45) is 2.86. The van der Waals surface area contributed by atoms with Gasteiger partial charge in [-0.25, -0.2) is 0 Å². The normalized spacial score (nSPS) is 22.5. The fraction of sp³-hybridized carbons (Fsp3) is 0.833. The molecule has 0 saturated carbocycles. The molecule has 2 fully saturated rings. The van der Waals surface area contributed by atoms with E-state index in [9.17, 15) is 4.79 Å². The number of carbonyl (C=O) groups is 1. The summed E-state index contributed by atoms with van der Waals surface area (Å²) in [6, 6.07) is 0. The Hall–Kier alpha value is -1.51. The van der Waals surface area contributed by atoms with Crippen LogP contribution in [0.3, 0.4) is 0 Å². The Balaban J connectivity index is 1.55. The monoisotopic (exact) mass is 364 g/mol. The predicted molar refractivity (Wildman–Crippen MR) is 98.8 cm³/mol. The van der Waals surface area contributed by atoms with Gasteiger partial charge in [-0.05, 0) is 26.3 Å². The lowest BCUT2D eigenvalue weighted by atomic mass is 9.97. The van der Waals surface area contributed by atoms with Crippen LogP contribution in [0.15, 0.2) is 0 Å². The van der Waals surface area contributed by atoms with E-state index in [0.29, 0.717) is 18.9 Å². The van der Waals surface area contributed by atoms with E-state index in [0.717, 1.165) is 77.0 Å². The minimum Gasteiger partial charge on any atom is -0.379 e. The molecule has 8 nitrogen and oxygen atoms in total. The smallest absolute Gasteiger partial charge is 0.221 e. The van der Waals surface area contributed by atoms with E-state index in [-0.39, 0.29) is 5.91 Å². The number of ether oxygens (including phenoxy) is 1. The van der Waals surface area contributed by atoms with Crippen molar-refractivity contribution >= 4 is 5.91 Å². The molecule has 1 N–H and O–H groups in total. The molecule has 0 unspecified atom stereocenters. The van der Waals surface area contributed by atoms with Crippen LogP contribution in [-0.2, 0) is 23.1 Å². The number of carbonyl (C=O) groups excluding carboxylic acids is 1. The number of amides is 1. The highest BCUT2D eigenvalue weighted by Crippen LogP contribution is 2.26. The van der Waals surface area contributed by atoms with Crippen molar-refractivity contribution in [3.05, 3.63) is 11.6 Å². The third-order valence-electron chi connectivity index (χ3n) is 5.37. The quantitative estimate of drug-likeness (QED) is 0.753. The van der Waals surface area contributed by atoms with Gasteiger partial charge in [-0.1, -0.05) is 0 Å². The molecule has 0 spiro atoms. The van der Waals surface area contributed by atoms with Crippen molar-refractivity contribution in [2.45, 2.75) is 38.6 Å². The van der Waals surface area contributed by atoms with Gasteiger partial charge in [-0.15, -0.1) is 10.2 Å². The molecule has 1 aromatic heterocycles. The van der Waals surface area contributed by atoms with Crippen molar-refractivity contribution in [1.29, 1.82) is 0 Å². The summed E-state index contributed by atoms with van der Waals surface area (Å²) in [5, 5.41) is 11.8. The fourth-order valence-electron chi connectivity index (χ4n) is 3.84. The highest BCUT2D eigenvalue weighted by molar-refractivity contribution is 5.75. The van der Waals surface area contributed by atoms with Gasteiger partial charge in [-0.3, -0.25) is 9.69 Å². The van der Waals surface area contributed by atoms with Crippen molar-refractivity contribution in [2.75, 3.05) is 52.5 Å². The Labute approximate surface area is 155 Å². The molecular formula is C18H32N6O2. The number of aromatic nitrogens is 3. The molecule has 0 aromatic carbocycles. The van der Waals surface area contributed by atoms with Gasteiger partial charge in [-0.2, -0.15) is 0 Å².